The van der Waals surface area contributed by atoms with Crippen LogP contribution in [0.3, 0.4) is 0 Å². The number of ether oxygens (including phenoxy) is 1. The molecule has 0 aromatic heterocycles. The first kappa shape index (κ1) is 15.5. The monoisotopic (exact) mass is 344 g/mol. The third kappa shape index (κ3) is 2.76. The molecule has 1 aromatic rings. The van der Waals surface area contributed by atoms with Crippen molar-refractivity contribution in [2.24, 2.45) is 0 Å². The average Bonchev–Trinajstić information content (AvgIpc) is 2.60. The van der Waals surface area contributed by atoms with Gasteiger partial charge in [-0.1, -0.05) is 0 Å². The Hall–Kier alpha value is -2.05. The summed E-state index contributed by atoms with van der Waals surface area (Å²) in [7, 11) is 3.83. The molecule has 4 nitrogen and oxygen atoms in total. The average molecular weight is 344 g/mol. The van der Waals surface area contributed by atoms with E-state index < -0.39 is 0 Å². The van der Waals surface area contributed by atoms with Crippen molar-refractivity contribution < 1.29 is 9.13 Å². The van der Waals surface area contributed by atoms with Crippen LogP contribution in [0.4, 0.5) is 10.1 Å². The fraction of sp³-hybridized carbons (Fsp3) is 0.333. The quantitative estimate of drug-likeness (QED) is 0.501. The Morgan fingerprint density at radius 3 is 2.71 bits per heavy atom. The van der Waals surface area contributed by atoms with Crippen LogP contribution in [0.15, 0.2) is 30.3 Å². The molecule has 6 heteroatoms. The van der Waals surface area contributed by atoms with E-state index in [0.29, 0.717) is 5.52 Å². The Balaban J connectivity index is 1.94. The van der Waals surface area contributed by atoms with Crippen molar-refractivity contribution in [1.82, 2.24) is 9.56 Å². The highest BCUT2D eigenvalue weighted by molar-refractivity contribution is 7.21. The third-order valence-electron chi connectivity index (χ3n) is 4.30. The molecule has 0 saturated carbocycles. The maximum Gasteiger partial charge on any atom is 0.201 e. The molecule has 124 valence electrons. The molecule has 0 amide bonds. The minimum absolute atomic E-state index is 0.272. The highest BCUT2D eigenvalue weighted by atomic mass is 32.1. The van der Waals surface area contributed by atoms with Gasteiger partial charge in [-0.05, 0) is 18.2 Å². The Morgan fingerprint density at radius 2 is 1.96 bits per heavy atom. The molecule has 0 N–H and O–H groups in total. The molecule has 0 radical (unpaired) electrons. The maximum atomic E-state index is 14.4. The highest BCUT2D eigenvalue weighted by Gasteiger charge is 2.16. The number of nitrogens with zero attached hydrogens (tertiary/aromatic N) is 3. The molecule has 24 heavy (non-hydrogen) atoms. The number of anilines is 1. The van der Waals surface area contributed by atoms with Crippen molar-refractivity contribution in [3.8, 4) is 10.6 Å². The number of hydrogen-bond donors (Lipinski definition) is 0. The van der Waals surface area contributed by atoms with Gasteiger partial charge in [-0.3, -0.25) is 0 Å². The molecule has 0 spiro atoms. The molecule has 3 aliphatic rings. The van der Waals surface area contributed by atoms with Gasteiger partial charge in [0.25, 0.3) is 0 Å². The third-order valence-corrected chi connectivity index (χ3v) is 5.38. The SMILES string of the molecule is CN(C)c1cc(F)c2nc3ccc(=[N+]4CCOCC4)cc-3sc2c1. The largest absolute Gasteiger partial charge is 0.378 e. The van der Waals surface area contributed by atoms with Gasteiger partial charge in [0, 0.05) is 31.9 Å². The topological polar surface area (TPSA) is 28.4 Å². The van der Waals surface area contributed by atoms with Gasteiger partial charge in [-0.2, -0.15) is 0 Å². The number of rotatable bonds is 1. The first-order chi connectivity index (χ1) is 11.6. The summed E-state index contributed by atoms with van der Waals surface area (Å²) in [6, 6.07) is 9.73. The second-order valence-electron chi connectivity index (χ2n) is 6.13. The summed E-state index contributed by atoms with van der Waals surface area (Å²) < 4.78 is 23.0. The molecule has 2 heterocycles. The van der Waals surface area contributed by atoms with Crippen molar-refractivity contribution in [2.45, 2.75) is 0 Å². The minimum atomic E-state index is -0.272. The van der Waals surface area contributed by atoms with Crippen molar-refractivity contribution in [2.75, 3.05) is 45.3 Å². The Bertz CT molecular complexity index is 943. The first-order valence-electron chi connectivity index (χ1n) is 7.99. The smallest absolute Gasteiger partial charge is 0.201 e. The van der Waals surface area contributed by atoms with Crippen LogP contribution in [0, 0.1) is 5.82 Å². The number of aromatic nitrogens is 1. The predicted octanol–water partition coefficient (Wildman–Crippen LogP) is 2.41. The van der Waals surface area contributed by atoms with E-state index in [1.54, 1.807) is 11.3 Å². The van der Waals surface area contributed by atoms with Crippen LogP contribution in [0.2, 0.25) is 0 Å². The van der Waals surface area contributed by atoms with Crippen LogP contribution in [0.1, 0.15) is 0 Å². The van der Waals surface area contributed by atoms with Gasteiger partial charge < -0.3 is 9.64 Å². The molecule has 1 aromatic carbocycles. The molecule has 0 bridgehead atoms. The van der Waals surface area contributed by atoms with Gasteiger partial charge >= 0.3 is 0 Å². The van der Waals surface area contributed by atoms with Crippen molar-refractivity contribution in [3.63, 3.8) is 0 Å². The molecular weight excluding hydrogens is 325 g/mol. The summed E-state index contributed by atoms with van der Waals surface area (Å²) in [4.78, 5) is 7.52. The molecule has 0 unspecified atom stereocenters. The normalized spacial score (nSPS) is 15.2. The summed E-state index contributed by atoms with van der Waals surface area (Å²) in [6.45, 7) is 3.32. The van der Waals surface area contributed by atoms with Crippen LogP contribution in [0.5, 0.6) is 0 Å². The summed E-state index contributed by atoms with van der Waals surface area (Å²) in [5, 5.41) is 1.17. The summed E-state index contributed by atoms with van der Waals surface area (Å²) in [5.74, 6) is -0.272. The van der Waals surface area contributed by atoms with Crippen molar-refractivity contribution >= 4 is 27.2 Å². The standard InChI is InChI=1S/C18H19FN3OS/c1-21(2)13-9-14(19)18-17(11-13)24-16-10-12(3-4-15(16)20-18)22-5-7-23-8-6-22/h3-4,9-11H,5-8H2,1-2H3/q+1. The molecule has 1 aliphatic carbocycles. The zero-order chi connectivity index (χ0) is 16.7. The van der Waals surface area contributed by atoms with Gasteiger partial charge in [0.1, 0.15) is 18.7 Å². The fourth-order valence-electron chi connectivity index (χ4n) is 2.94. The second kappa shape index (κ2) is 6.11. The molecule has 0 atom stereocenters. The maximum absolute atomic E-state index is 14.4. The van der Waals surface area contributed by atoms with Crippen LogP contribution in [-0.4, -0.2) is 45.4 Å². The van der Waals surface area contributed by atoms with E-state index in [0.717, 1.165) is 47.3 Å². The van der Waals surface area contributed by atoms with Gasteiger partial charge in [0.2, 0.25) is 5.36 Å². The molecule has 1 saturated heterocycles. The van der Waals surface area contributed by atoms with Crippen LogP contribution in [-0.2, 0) is 4.74 Å². The van der Waals surface area contributed by atoms with E-state index in [9.17, 15) is 4.39 Å². The number of morpholine rings is 1. The second-order valence-corrected chi connectivity index (χ2v) is 7.22. The Labute approximate surface area is 143 Å². The zero-order valence-corrected chi connectivity index (χ0v) is 14.6. The van der Waals surface area contributed by atoms with E-state index in [1.165, 1.54) is 11.4 Å². The van der Waals surface area contributed by atoms with Crippen molar-refractivity contribution in [1.29, 1.82) is 0 Å². The van der Waals surface area contributed by atoms with Crippen molar-refractivity contribution in [3.05, 3.63) is 41.5 Å². The number of hydrogen-bond acceptors (Lipinski definition) is 4. The zero-order valence-electron chi connectivity index (χ0n) is 13.8. The van der Waals surface area contributed by atoms with Crippen LogP contribution in [0.25, 0.3) is 20.8 Å². The van der Waals surface area contributed by atoms with Crippen LogP contribution >= 0.6 is 11.3 Å². The van der Waals surface area contributed by atoms with Crippen LogP contribution < -0.4 is 14.8 Å². The summed E-state index contributed by atoms with van der Waals surface area (Å²) in [6.07, 6.45) is 0. The number of fused-ring (bicyclic) bond motifs is 2. The molecular formula is C18H19FN3OS+. The lowest BCUT2D eigenvalue weighted by Gasteiger charge is -2.14. The Morgan fingerprint density at radius 1 is 1.17 bits per heavy atom. The van der Waals surface area contributed by atoms with Gasteiger partial charge in [0.05, 0.1) is 15.3 Å². The van der Waals surface area contributed by atoms with E-state index in [1.807, 2.05) is 31.1 Å². The first-order valence-corrected chi connectivity index (χ1v) is 8.81. The molecule has 1 fully saturated rings. The minimum Gasteiger partial charge on any atom is -0.378 e. The Kier molecular flexibility index (Phi) is 3.94. The summed E-state index contributed by atoms with van der Waals surface area (Å²) >= 11 is 1.59. The predicted molar refractivity (Wildman–Crippen MR) is 96.3 cm³/mol. The van der Waals surface area contributed by atoms with Gasteiger partial charge in [-0.25, -0.2) is 13.9 Å². The summed E-state index contributed by atoms with van der Waals surface area (Å²) in [5.41, 5.74) is 2.12. The lowest BCUT2D eigenvalue weighted by molar-refractivity contribution is 0.0966. The highest BCUT2D eigenvalue weighted by Crippen LogP contribution is 2.33. The lowest BCUT2D eigenvalue weighted by atomic mass is 10.2. The van der Waals surface area contributed by atoms with Gasteiger partial charge in [0.15, 0.2) is 18.9 Å². The number of benzene rings is 2. The number of halogens is 1. The lowest BCUT2D eigenvalue weighted by Crippen LogP contribution is -2.39. The van der Waals surface area contributed by atoms with E-state index >= 15 is 0 Å². The van der Waals surface area contributed by atoms with E-state index in [4.69, 9.17) is 4.74 Å². The molecule has 4 rings (SSSR count). The van der Waals surface area contributed by atoms with E-state index in [-0.39, 0.29) is 5.82 Å². The molecule has 2 aliphatic heterocycles. The fourth-order valence-corrected chi connectivity index (χ4v) is 3.99. The van der Waals surface area contributed by atoms with E-state index in [2.05, 4.69) is 21.7 Å². The van der Waals surface area contributed by atoms with Gasteiger partial charge in [-0.15, -0.1) is 11.3 Å².